The molecule has 0 radical (unpaired) electrons. The van der Waals surface area contributed by atoms with Crippen LogP contribution in [0.15, 0.2) is 65.8 Å². The van der Waals surface area contributed by atoms with Crippen molar-refractivity contribution in [2.24, 2.45) is 0 Å². The zero-order valence-electron chi connectivity index (χ0n) is 12.9. The monoisotopic (exact) mass is 333 g/mol. The molecule has 5 nitrogen and oxygen atoms in total. The number of rotatable bonds is 2. The molecule has 0 atom stereocenters. The van der Waals surface area contributed by atoms with Gasteiger partial charge in [0, 0.05) is 46.6 Å². The Morgan fingerprint density at radius 3 is 2.84 bits per heavy atom. The third kappa shape index (κ3) is 2.74. The van der Waals surface area contributed by atoms with Crippen molar-refractivity contribution in [3.63, 3.8) is 0 Å². The molecule has 0 bridgehead atoms. The number of hydrogen-bond donors (Lipinski definition) is 2. The molecule has 4 rings (SSSR count). The van der Waals surface area contributed by atoms with E-state index in [2.05, 4.69) is 15.3 Å². The van der Waals surface area contributed by atoms with Crippen molar-refractivity contribution in [2.75, 3.05) is 5.32 Å². The summed E-state index contributed by atoms with van der Waals surface area (Å²) >= 11 is 0. The van der Waals surface area contributed by atoms with E-state index < -0.39 is 11.7 Å². The lowest BCUT2D eigenvalue weighted by molar-refractivity contribution is 0.102. The average molecular weight is 333 g/mol. The molecule has 2 N–H and O–H groups in total. The first-order valence-corrected chi connectivity index (χ1v) is 7.58. The summed E-state index contributed by atoms with van der Waals surface area (Å²) < 4.78 is 14.2. The Labute approximate surface area is 141 Å². The van der Waals surface area contributed by atoms with Crippen LogP contribution in [0.4, 0.5) is 10.1 Å². The number of H-pyrrole nitrogens is 1. The van der Waals surface area contributed by atoms with Gasteiger partial charge in [0.1, 0.15) is 5.82 Å². The van der Waals surface area contributed by atoms with E-state index in [9.17, 15) is 14.0 Å². The number of pyridine rings is 2. The number of fused-ring (bicyclic) bond motifs is 2. The van der Waals surface area contributed by atoms with E-state index in [-0.39, 0.29) is 11.0 Å². The number of anilines is 1. The lowest BCUT2D eigenvalue weighted by atomic mass is 10.1. The van der Waals surface area contributed by atoms with Crippen LogP contribution in [0.2, 0.25) is 0 Å². The van der Waals surface area contributed by atoms with Gasteiger partial charge in [-0.05, 0) is 41.8 Å². The largest absolute Gasteiger partial charge is 0.361 e. The van der Waals surface area contributed by atoms with Crippen LogP contribution in [0.3, 0.4) is 0 Å². The number of aromatic amines is 1. The number of carbonyl (C=O) groups is 1. The highest BCUT2D eigenvalue weighted by molar-refractivity contribution is 6.07. The van der Waals surface area contributed by atoms with Crippen LogP contribution in [-0.2, 0) is 0 Å². The minimum absolute atomic E-state index is 0.0687. The fourth-order valence-electron chi connectivity index (χ4n) is 2.73. The Hall–Kier alpha value is -3.54. The predicted molar refractivity (Wildman–Crippen MR) is 94.2 cm³/mol. The number of halogens is 1. The average Bonchev–Trinajstić information content (AvgIpc) is 2.62. The summed E-state index contributed by atoms with van der Waals surface area (Å²) in [6.07, 6.45) is 4.68. The molecule has 6 heteroatoms. The van der Waals surface area contributed by atoms with E-state index in [1.54, 1.807) is 36.7 Å². The van der Waals surface area contributed by atoms with Gasteiger partial charge in [0.25, 0.3) is 5.91 Å². The van der Waals surface area contributed by atoms with Gasteiger partial charge in [0.2, 0.25) is 0 Å². The van der Waals surface area contributed by atoms with E-state index in [4.69, 9.17) is 0 Å². The van der Waals surface area contributed by atoms with Crippen LogP contribution in [0.5, 0.6) is 0 Å². The van der Waals surface area contributed by atoms with Crippen LogP contribution in [0.1, 0.15) is 10.4 Å². The number of nitrogens with one attached hydrogen (secondary N) is 2. The van der Waals surface area contributed by atoms with Crippen molar-refractivity contribution >= 4 is 33.3 Å². The van der Waals surface area contributed by atoms with Crippen molar-refractivity contribution < 1.29 is 9.18 Å². The van der Waals surface area contributed by atoms with Gasteiger partial charge in [-0.3, -0.25) is 14.6 Å². The molecule has 0 saturated heterocycles. The maximum absolute atomic E-state index is 14.2. The summed E-state index contributed by atoms with van der Waals surface area (Å²) in [5, 5.41) is 4.42. The van der Waals surface area contributed by atoms with Crippen molar-refractivity contribution in [3.8, 4) is 0 Å². The summed E-state index contributed by atoms with van der Waals surface area (Å²) in [6, 6.07) is 10.8. The van der Waals surface area contributed by atoms with Crippen LogP contribution >= 0.6 is 0 Å². The van der Waals surface area contributed by atoms with Crippen LogP contribution in [0, 0.1) is 5.82 Å². The fourth-order valence-corrected chi connectivity index (χ4v) is 2.73. The van der Waals surface area contributed by atoms with E-state index in [1.165, 1.54) is 24.4 Å². The number of aromatic nitrogens is 2. The summed E-state index contributed by atoms with van der Waals surface area (Å²) in [5.74, 6) is -1.21. The lowest BCUT2D eigenvalue weighted by Gasteiger charge is -2.08. The zero-order chi connectivity index (χ0) is 17.4. The molecule has 0 aliphatic heterocycles. The van der Waals surface area contributed by atoms with Gasteiger partial charge < -0.3 is 10.3 Å². The SMILES string of the molecule is O=C(Nc1ccc2[nH]ccc(=O)c2c1)c1cc2ccncc2cc1F. The smallest absolute Gasteiger partial charge is 0.258 e. The number of carbonyl (C=O) groups excluding carboxylic acids is 1. The van der Waals surface area contributed by atoms with E-state index in [0.29, 0.717) is 22.0 Å². The number of benzene rings is 2. The van der Waals surface area contributed by atoms with Crippen molar-refractivity contribution in [1.29, 1.82) is 0 Å². The molecule has 25 heavy (non-hydrogen) atoms. The maximum atomic E-state index is 14.2. The van der Waals surface area contributed by atoms with Crippen LogP contribution in [0.25, 0.3) is 21.7 Å². The summed E-state index contributed by atoms with van der Waals surface area (Å²) in [5.41, 5.74) is 0.855. The second-order valence-electron chi connectivity index (χ2n) is 5.61. The van der Waals surface area contributed by atoms with Crippen molar-refractivity contribution in [3.05, 3.63) is 82.7 Å². The molecule has 4 aromatic rings. The van der Waals surface area contributed by atoms with Gasteiger partial charge in [-0.1, -0.05) is 0 Å². The molecule has 2 aromatic carbocycles. The van der Waals surface area contributed by atoms with Gasteiger partial charge in [-0.15, -0.1) is 0 Å². The number of hydrogen-bond acceptors (Lipinski definition) is 3. The first-order chi connectivity index (χ1) is 12.1. The van der Waals surface area contributed by atoms with Crippen LogP contribution < -0.4 is 10.7 Å². The Morgan fingerprint density at radius 2 is 1.96 bits per heavy atom. The molecule has 122 valence electrons. The molecule has 0 saturated carbocycles. The Kier molecular flexibility index (Phi) is 3.50. The highest BCUT2D eigenvalue weighted by Gasteiger charge is 2.14. The third-order valence-corrected chi connectivity index (χ3v) is 3.99. The minimum atomic E-state index is -0.628. The minimum Gasteiger partial charge on any atom is -0.361 e. The lowest BCUT2D eigenvalue weighted by Crippen LogP contribution is -2.14. The first kappa shape index (κ1) is 15.0. The normalized spacial score (nSPS) is 10.9. The topological polar surface area (TPSA) is 74.8 Å². The molecule has 0 fully saturated rings. The molecule has 0 spiro atoms. The maximum Gasteiger partial charge on any atom is 0.258 e. The van der Waals surface area contributed by atoms with Gasteiger partial charge >= 0.3 is 0 Å². The van der Waals surface area contributed by atoms with Crippen molar-refractivity contribution in [2.45, 2.75) is 0 Å². The summed E-state index contributed by atoms with van der Waals surface area (Å²) in [7, 11) is 0. The second-order valence-corrected chi connectivity index (χ2v) is 5.61. The molecule has 0 aliphatic rings. The third-order valence-electron chi connectivity index (χ3n) is 3.99. The molecule has 2 heterocycles. The summed E-state index contributed by atoms with van der Waals surface area (Å²) in [6.45, 7) is 0. The molecule has 1 amide bonds. The van der Waals surface area contributed by atoms with Gasteiger partial charge in [-0.2, -0.15) is 0 Å². The Morgan fingerprint density at radius 1 is 1.08 bits per heavy atom. The predicted octanol–water partition coefficient (Wildman–Crippen LogP) is 3.47. The molecule has 0 aliphatic carbocycles. The Balaban J connectivity index is 1.71. The van der Waals surface area contributed by atoms with Gasteiger partial charge in [-0.25, -0.2) is 4.39 Å². The van der Waals surface area contributed by atoms with Crippen LogP contribution in [-0.4, -0.2) is 15.9 Å². The van der Waals surface area contributed by atoms with E-state index in [1.807, 2.05) is 0 Å². The van der Waals surface area contributed by atoms with E-state index in [0.717, 1.165) is 5.39 Å². The summed E-state index contributed by atoms with van der Waals surface area (Å²) in [4.78, 5) is 31.2. The molecular weight excluding hydrogens is 321 g/mol. The molecular formula is C19H12FN3O2. The second kappa shape index (κ2) is 5.83. The van der Waals surface area contributed by atoms with Crippen molar-refractivity contribution in [1.82, 2.24) is 9.97 Å². The fraction of sp³-hybridized carbons (Fsp3) is 0. The molecule has 0 unspecified atom stereocenters. The van der Waals surface area contributed by atoms with E-state index >= 15 is 0 Å². The first-order valence-electron chi connectivity index (χ1n) is 7.58. The highest BCUT2D eigenvalue weighted by atomic mass is 19.1. The zero-order valence-corrected chi connectivity index (χ0v) is 12.9. The standard InChI is InChI=1S/C19H12FN3O2/c20-16-8-12-10-21-5-3-11(12)7-14(16)19(25)23-13-1-2-17-15(9-13)18(24)4-6-22-17/h1-10H,(H,22,24)(H,23,25). The quantitative estimate of drug-likeness (QED) is 0.590. The molecule has 2 aromatic heterocycles. The number of amides is 1. The van der Waals surface area contributed by atoms with Gasteiger partial charge in [0.15, 0.2) is 5.43 Å². The van der Waals surface area contributed by atoms with Gasteiger partial charge in [0.05, 0.1) is 5.56 Å². The number of nitrogens with zero attached hydrogens (tertiary/aromatic N) is 1. The highest BCUT2D eigenvalue weighted by Crippen LogP contribution is 2.20. The Bertz CT molecular complexity index is 1180.